The fraction of sp³-hybridized carbons (Fsp3) is 0.652. The van der Waals surface area contributed by atoms with E-state index in [4.69, 9.17) is 10.5 Å². The third-order valence-electron chi connectivity index (χ3n) is 5.87. The molecule has 0 amide bonds. The van der Waals surface area contributed by atoms with E-state index in [9.17, 15) is 13.2 Å². The topological polar surface area (TPSA) is 92.9 Å². The molecule has 1 radical (unpaired) electrons. The van der Waals surface area contributed by atoms with E-state index in [0.717, 1.165) is 64.1 Å². The molecular weight excluding hydrogens is 414 g/mol. The van der Waals surface area contributed by atoms with E-state index in [-0.39, 0.29) is 5.97 Å². The highest BCUT2D eigenvalue weighted by Gasteiger charge is 2.34. The molecule has 0 saturated carbocycles. The second kappa shape index (κ2) is 11.9. The van der Waals surface area contributed by atoms with Gasteiger partial charge in [-0.05, 0) is 50.4 Å². The molecule has 1 aromatic carbocycles. The molecule has 1 aliphatic heterocycles. The molecule has 1 aromatic rings. The molecule has 0 aliphatic carbocycles. The molecule has 0 aromatic heterocycles. The summed E-state index contributed by atoms with van der Waals surface area (Å²) in [7, 11) is -3.15. The number of ether oxygens (including phenoxy) is 1. The fourth-order valence-corrected chi connectivity index (χ4v) is 4.56. The number of sulfone groups is 1. The van der Waals surface area contributed by atoms with Crippen LogP contribution < -0.4 is 5.73 Å². The van der Waals surface area contributed by atoms with E-state index in [1.165, 1.54) is 6.26 Å². The SMILES string of the molecule is [CH2]CCCC(N)(CCCN1CCN(Cc2ccc(S(C)(=O)=O)cc2)CC1)C(=O)OCC. The summed E-state index contributed by atoms with van der Waals surface area (Å²) in [4.78, 5) is 17.5. The second-order valence-electron chi connectivity index (χ2n) is 8.47. The average molecular weight is 453 g/mol. The number of rotatable bonds is 12. The molecule has 2 N–H and O–H groups in total. The third-order valence-corrected chi connectivity index (χ3v) is 7.00. The van der Waals surface area contributed by atoms with Crippen LogP contribution in [0.15, 0.2) is 29.2 Å². The van der Waals surface area contributed by atoms with Crippen LogP contribution in [0.3, 0.4) is 0 Å². The number of piperazine rings is 1. The first-order chi connectivity index (χ1) is 14.7. The fourth-order valence-electron chi connectivity index (χ4n) is 3.93. The van der Waals surface area contributed by atoms with Gasteiger partial charge in [0.15, 0.2) is 9.84 Å². The Morgan fingerprint density at radius 2 is 1.68 bits per heavy atom. The monoisotopic (exact) mass is 452 g/mol. The summed E-state index contributed by atoms with van der Waals surface area (Å²) in [6, 6.07) is 7.14. The first-order valence-electron chi connectivity index (χ1n) is 11.2. The predicted molar refractivity (Wildman–Crippen MR) is 123 cm³/mol. The zero-order chi connectivity index (χ0) is 22.9. The summed E-state index contributed by atoms with van der Waals surface area (Å²) in [5.41, 5.74) is 6.62. The maximum atomic E-state index is 12.3. The van der Waals surface area contributed by atoms with E-state index < -0.39 is 15.4 Å². The number of hydrogen-bond donors (Lipinski definition) is 1. The van der Waals surface area contributed by atoms with Crippen molar-refractivity contribution in [2.45, 2.75) is 56.0 Å². The van der Waals surface area contributed by atoms with Crippen molar-refractivity contribution in [1.82, 2.24) is 9.80 Å². The molecule has 1 saturated heterocycles. The van der Waals surface area contributed by atoms with Crippen molar-refractivity contribution in [1.29, 1.82) is 0 Å². The Balaban J connectivity index is 1.76. The number of carbonyl (C=O) groups is 1. The van der Waals surface area contributed by atoms with Gasteiger partial charge in [-0.3, -0.25) is 9.69 Å². The number of benzene rings is 1. The lowest BCUT2D eigenvalue weighted by Gasteiger charge is -2.35. The molecule has 31 heavy (non-hydrogen) atoms. The third kappa shape index (κ3) is 8.18. The van der Waals surface area contributed by atoms with Crippen molar-refractivity contribution >= 4 is 15.8 Å². The van der Waals surface area contributed by atoms with Crippen LogP contribution in [-0.2, 0) is 25.9 Å². The van der Waals surface area contributed by atoms with Gasteiger partial charge in [-0.15, -0.1) is 0 Å². The lowest BCUT2D eigenvalue weighted by molar-refractivity contribution is -0.150. The second-order valence-corrected chi connectivity index (χ2v) is 10.5. The largest absolute Gasteiger partial charge is 0.465 e. The summed E-state index contributed by atoms with van der Waals surface area (Å²) in [5, 5.41) is 0. The Labute approximate surface area is 187 Å². The molecule has 8 heteroatoms. The van der Waals surface area contributed by atoms with E-state index in [1.807, 2.05) is 12.1 Å². The summed E-state index contributed by atoms with van der Waals surface area (Å²) in [6.45, 7) is 11.6. The summed E-state index contributed by atoms with van der Waals surface area (Å²) in [6.07, 6.45) is 4.90. The summed E-state index contributed by atoms with van der Waals surface area (Å²) in [5.74, 6) is -0.296. The molecule has 1 heterocycles. The lowest BCUT2D eigenvalue weighted by Crippen LogP contribution is -2.50. The molecule has 175 valence electrons. The number of nitrogens with two attached hydrogens (primary N) is 1. The number of unbranched alkanes of at least 4 members (excludes halogenated alkanes) is 1. The average Bonchev–Trinajstić information content (AvgIpc) is 2.73. The van der Waals surface area contributed by atoms with Crippen molar-refractivity contribution in [2.24, 2.45) is 5.73 Å². The maximum absolute atomic E-state index is 12.3. The normalized spacial score (nSPS) is 17.9. The zero-order valence-corrected chi connectivity index (χ0v) is 19.8. The van der Waals surface area contributed by atoms with Crippen LogP contribution in [0.5, 0.6) is 0 Å². The smallest absolute Gasteiger partial charge is 0.326 e. The lowest BCUT2D eigenvalue weighted by atomic mass is 9.88. The van der Waals surface area contributed by atoms with E-state index in [1.54, 1.807) is 19.1 Å². The Morgan fingerprint density at radius 3 is 2.23 bits per heavy atom. The highest BCUT2D eigenvalue weighted by molar-refractivity contribution is 7.90. The standard InChI is InChI=1S/C23H38N3O4S/c1-4-6-12-23(24,22(27)30-5-2)13-7-14-25-15-17-26(18-16-25)19-20-8-10-21(11-9-20)31(3,28)29/h8-11H,1,4-7,12-19,24H2,2-3H3. The van der Waals surface area contributed by atoms with Crippen LogP contribution in [0.2, 0.25) is 0 Å². The number of carbonyl (C=O) groups excluding carboxylic acids is 1. The Morgan fingerprint density at radius 1 is 1.10 bits per heavy atom. The number of nitrogens with zero attached hydrogens (tertiary/aromatic N) is 2. The van der Waals surface area contributed by atoms with E-state index in [0.29, 0.717) is 24.3 Å². The summed E-state index contributed by atoms with van der Waals surface area (Å²) < 4.78 is 28.4. The molecular formula is C23H38N3O4S. The Kier molecular flexibility index (Phi) is 9.93. The highest BCUT2D eigenvalue weighted by Crippen LogP contribution is 2.21. The molecule has 2 rings (SSSR count). The van der Waals surface area contributed by atoms with Crippen LogP contribution >= 0.6 is 0 Å². The highest BCUT2D eigenvalue weighted by atomic mass is 32.2. The van der Waals surface area contributed by atoms with Crippen molar-refractivity contribution in [3.63, 3.8) is 0 Å². The van der Waals surface area contributed by atoms with Gasteiger partial charge in [-0.2, -0.15) is 0 Å². The van der Waals surface area contributed by atoms with Crippen molar-refractivity contribution < 1.29 is 17.9 Å². The van der Waals surface area contributed by atoms with Crippen LogP contribution in [0, 0.1) is 6.92 Å². The molecule has 1 unspecified atom stereocenters. The molecule has 0 spiro atoms. The van der Waals surface area contributed by atoms with Crippen molar-refractivity contribution in [3.05, 3.63) is 36.8 Å². The van der Waals surface area contributed by atoms with Crippen LogP contribution in [0.1, 0.15) is 44.6 Å². The minimum absolute atomic E-state index is 0.296. The van der Waals surface area contributed by atoms with Gasteiger partial charge in [-0.25, -0.2) is 8.42 Å². The van der Waals surface area contributed by atoms with Gasteiger partial charge in [0, 0.05) is 39.0 Å². The van der Waals surface area contributed by atoms with Gasteiger partial charge in [0.05, 0.1) is 11.5 Å². The van der Waals surface area contributed by atoms with Gasteiger partial charge < -0.3 is 15.4 Å². The van der Waals surface area contributed by atoms with Crippen molar-refractivity contribution in [2.75, 3.05) is 45.6 Å². The minimum atomic E-state index is -3.15. The van der Waals surface area contributed by atoms with Crippen LogP contribution in [0.25, 0.3) is 0 Å². The first kappa shape index (κ1) is 25.8. The Hall–Kier alpha value is -1.48. The number of hydrogen-bond acceptors (Lipinski definition) is 7. The van der Waals surface area contributed by atoms with Crippen LogP contribution in [0.4, 0.5) is 0 Å². The molecule has 1 atom stereocenters. The minimum Gasteiger partial charge on any atom is -0.465 e. The van der Waals surface area contributed by atoms with Crippen LogP contribution in [-0.4, -0.2) is 75.3 Å². The maximum Gasteiger partial charge on any atom is 0.326 e. The molecule has 0 bridgehead atoms. The summed E-state index contributed by atoms with van der Waals surface area (Å²) >= 11 is 0. The molecule has 1 fully saturated rings. The van der Waals surface area contributed by atoms with Gasteiger partial charge in [0.1, 0.15) is 5.54 Å². The van der Waals surface area contributed by atoms with Crippen molar-refractivity contribution in [3.8, 4) is 0 Å². The van der Waals surface area contributed by atoms with Gasteiger partial charge in [-0.1, -0.05) is 31.9 Å². The molecule has 1 aliphatic rings. The van der Waals surface area contributed by atoms with Gasteiger partial charge >= 0.3 is 5.97 Å². The van der Waals surface area contributed by atoms with E-state index >= 15 is 0 Å². The van der Waals surface area contributed by atoms with Gasteiger partial charge in [0.2, 0.25) is 0 Å². The van der Waals surface area contributed by atoms with E-state index in [2.05, 4.69) is 16.7 Å². The Bertz CT molecular complexity index is 790. The van der Waals surface area contributed by atoms with Gasteiger partial charge in [0.25, 0.3) is 0 Å². The first-order valence-corrected chi connectivity index (χ1v) is 13.1. The zero-order valence-electron chi connectivity index (χ0n) is 19.0. The number of esters is 1. The quantitative estimate of drug-likeness (QED) is 0.486. The molecule has 7 nitrogen and oxygen atoms in total. The predicted octanol–water partition coefficient (Wildman–Crippen LogP) is 2.25.